The molecule has 3 rings (SSSR count). The molecule has 0 fully saturated rings. The number of nitrogens with one attached hydrogen (secondary N) is 1. The van der Waals surface area contributed by atoms with Gasteiger partial charge in [0.15, 0.2) is 0 Å². The normalized spacial score (nSPS) is 10.7. The van der Waals surface area contributed by atoms with Crippen LogP contribution in [0, 0.1) is 6.92 Å². The van der Waals surface area contributed by atoms with Crippen molar-refractivity contribution in [2.45, 2.75) is 11.8 Å². The van der Waals surface area contributed by atoms with E-state index < -0.39 is 0 Å². The van der Waals surface area contributed by atoms with Gasteiger partial charge in [-0.2, -0.15) is 0 Å². The number of fused-ring (bicyclic) bond motifs is 1. The fourth-order valence-corrected chi connectivity index (χ4v) is 2.64. The summed E-state index contributed by atoms with van der Waals surface area (Å²) in [7, 11) is 0. The summed E-state index contributed by atoms with van der Waals surface area (Å²) in [5, 5.41) is 4.57. The molecule has 0 amide bonds. The molecule has 0 saturated carbocycles. The van der Waals surface area contributed by atoms with E-state index in [0.717, 1.165) is 17.0 Å². The van der Waals surface area contributed by atoms with Crippen LogP contribution in [0.4, 0.5) is 11.5 Å². The van der Waals surface area contributed by atoms with Crippen molar-refractivity contribution in [3.8, 4) is 0 Å². The van der Waals surface area contributed by atoms with Crippen molar-refractivity contribution in [2.75, 3.05) is 11.6 Å². The fraction of sp³-hybridized carbons (Fsp3) is 0.118. The number of pyridine rings is 1. The Labute approximate surface area is 123 Å². The standard InChI is InChI=1S/C17H16N2S/c1-12-11-17(19-16-6-4-3-5-15(12)16)18-13-7-9-14(20-2)10-8-13/h3-11H,1-2H3,(H,18,19). The lowest BCUT2D eigenvalue weighted by atomic mass is 10.1. The number of anilines is 2. The molecule has 0 radical (unpaired) electrons. The van der Waals surface area contributed by atoms with Gasteiger partial charge in [0.1, 0.15) is 5.82 Å². The zero-order chi connectivity index (χ0) is 13.9. The van der Waals surface area contributed by atoms with Crippen LogP contribution >= 0.6 is 11.8 Å². The SMILES string of the molecule is CSc1ccc(Nc2cc(C)c3ccccc3n2)cc1. The van der Waals surface area contributed by atoms with Gasteiger partial charge in [-0.05, 0) is 55.1 Å². The molecule has 0 spiro atoms. The maximum atomic E-state index is 4.66. The summed E-state index contributed by atoms with van der Waals surface area (Å²) in [6.07, 6.45) is 2.08. The molecule has 0 aliphatic heterocycles. The maximum absolute atomic E-state index is 4.66. The molecule has 0 unspecified atom stereocenters. The second-order valence-electron chi connectivity index (χ2n) is 4.70. The molecule has 1 aromatic heterocycles. The van der Waals surface area contributed by atoms with E-state index in [-0.39, 0.29) is 0 Å². The highest BCUT2D eigenvalue weighted by atomic mass is 32.2. The molecule has 2 aromatic carbocycles. The lowest BCUT2D eigenvalue weighted by molar-refractivity contribution is 1.33. The van der Waals surface area contributed by atoms with Gasteiger partial charge in [-0.3, -0.25) is 0 Å². The molecule has 0 aliphatic carbocycles. The molecule has 0 saturated heterocycles. The van der Waals surface area contributed by atoms with Crippen molar-refractivity contribution in [2.24, 2.45) is 0 Å². The van der Waals surface area contributed by atoms with Crippen LogP contribution in [0.25, 0.3) is 10.9 Å². The number of thioether (sulfide) groups is 1. The van der Waals surface area contributed by atoms with Crippen LogP contribution in [0.1, 0.15) is 5.56 Å². The Balaban J connectivity index is 1.93. The van der Waals surface area contributed by atoms with Gasteiger partial charge in [-0.1, -0.05) is 18.2 Å². The zero-order valence-electron chi connectivity index (χ0n) is 11.6. The number of rotatable bonds is 3. The first kappa shape index (κ1) is 13.0. The highest BCUT2D eigenvalue weighted by Crippen LogP contribution is 2.23. The van der Waals surface area contributed by atoms with Gasteiger partial charge in [-0.15, -0.1) is 11.8 Å². The van der Waals surface area contributed by atoms with Crippen LogP contribution in [-0.2, 0) is 0 Å². The second kappa shape index (κ2) is 5.55. The molecule has 3 heteroatoms. The van der Waals surface area contributed by atoms with E-state index in [1.807, 2.05) is 18.2 Å². The van der Waals surface area contributed by atoms with E-state index in [1.165, 1.54) is 15.8 Å². The fourth-order valence-electron chi connectivity index (χ4n) is 2.24. The molecule has 0 aliphatic rings. The minimum absolute atomic E-state index is 0.887. The van der Waals surface area contributed by atoms with E-state index in [0.29, 0.717) is 0 Å². The molecule has 100 valence electrons. The summed E-state index contributed by atoms with van der Waals surface area (Å²) in [4.78, 5) is 5.92. The van der Waals surface area contributed by atoms with E-state index >= 15 is 0 Å². The lowest BCUT2D eigenvalue weighted by Gasteiger charge is -2.09. The van der Waals surface area contributed by atoms with Crippen LogP contribution in [0.15, 0.2) is 59.5 Å². The van der Waals surface area contributed by atoms with Crippen LogP contribution in [0.5, 0.6) is 0 Å². The first-order valence-corrected chi connectivity index (χ1v) is 7.76. The van der Waals surface area contributed by atoms with Gasteiger partial charge < -0.3 is 5.32 Å². The first-order valence-electron chi connectivity index (χ1n) is 6.54. The Morgan fingerprint density at radius 1 is 1.00 bits per heavy atom. The first-order chi connectivity index (χ1) is 9.76. The summed E-state index contributed by atoms with van der Waals surface area (Å²) in [6.45, 7) is 2.12. The molecule has 1 heterocycles. The van der Waals surface area contributed by atoms with Crippen molar-refractivity contribution in [1.82, 2.24) is 4.98 Å². The van der Waals surface area contributed by atoms with Crippen molar-refractivity contribution < 1.29 is 0 Å². The molecule has 1 N–H and O–H groups in total. The Kier molecular flexibility index (Phi) is 3.61. The Morgan fingerprint density at radius 2 is 1.75 bits per heavy atom. The average Bonchev–Trinajstić information content (AvgIpc) is 2.48. The van der Waals surface area contributed by atoms with Crippen molar-refractivity contribution in [3.05, 3.63) is 60.2 Å². The summed E-state index contributed by atoms with van der Waals surface area (Å²) in [6, 6.07) is 18.7. The monoisotopic (exact) mass is 280 g/mol. The Bertz CT molecular complexity index is 736. The molecule has 3 aromatic rings. The number of hydrogen-bond acceptors (Lipinski definition) is 3. The van der Waals surface area contributed by atoms with Gasteiger partial charge in [0, 0.05) is 16.0 Å². The van der Waals surface area contributed by atoms with E-state index in [4.69, 9.17) is 0 Å². The second-order valence-corrected chi connectivity index (χ2v) is 5.57. The van der Waals surface area contributed by atoms with E-state index in [9.17, 15) is 0 Å². The van der Waals surface area contributed by atoms with Crippen molar-refractivity contribution in [1.29, 1.82) is 0 Å². The number of benzene rings is 2. The third-order valence-corrected chi connectivity index (χ3v) is 4.03. The summed E-state index contributed by atoms with van der Waals surface area (Å²) in [5.41, 5.74) is 3.32. The Hall–Kier alpha value is -2.00. The minimum atomic E-state index is 0.887. The van der Waals surface area contributed by atoms with Gasteiger partial charge in [0.05, 0.1) is 5.52 Å². The van der Waals surface area contributed by atoms with Gasteiger partial charge in [-0.25, -0.2) is 4.98 Å². The molecule has 0 bridgehead atoms. The largest absolute Gasteiger partial charge is 0.340 e. The summed E-state index contributed by atoms with van der Waals surface area (Å²) >= 11 is 1.74. The van der Waals surface area contributed by atoms with Crippen molar-refractivity contribution in [3.63, 3.8) is 0 Å². The number of aryl methyl sites for hydroxylation is 1. The number of aromatic nitrogens is 1. The van der Waals surface area contributed by atoms with Crippen LogP contribution in [0.2, 0.25) is 0 Å². The molecular formula is C17H16N2S. The third-order valence-electron chi connectivity index (χ3n) is 3.29. The van der Waals surface area contributed by atoms with Gasteiger partial charge in [0.25, 0.3) is 0 Å². The van der Waals surface area contributed by atoms with Gasteiger partial charge in [0.2, 0.25) is 0 Å². The summed E-state index contributed by atoms with van der Waals surface area (Å²) in [5.74, 6) is 0.887. The van der Waals surface area contributed by atoms with E-state index in [2.05, 4.69) is 59.9 Å². The van der Waals surface area contributed by atoms with E-state index in [1.54, 1.807) is 11.8 Å². The Morgan fingerprint density at radius 3 is 2.50 bits per heavy atom. The minimum Gasteiger partial charge on any atom is -0.340 e. The average molecular weight is 280 g/mol. The zero-order valence-corrected chi connectivity index (χ0v) is 12.4. The predicted molar refractivity (Wildman–Crippen MR) is 88.0 cm³/mol. The lowest BCUT2D eigenvalue weighted by Crippen LogP contribution is -1.95. The topological polar surface area (TPSA) is 24.9 Å². The van der Waals surface area contributed by atoms with Crippen molar-refractivity contribution >= 4 is 34.2 Å². The number of nitrogens with zero attached hydrogens (tertiary/aromatic N) is 1. The number of para-hydroxylation sites is 1. The molecule has 20 heavy (non-hydrogen) atoms. The number of hydrogen-bond donors (Lipinski definition) is 1. The quantitative estimate of drug-likeness (QED) is 0.683. The van der Waals surface area contributed by atoms with Crippen LogP contribution in [-0.4, -0.2) is 11.2 Å². The maximum Gasteiger partial charge on any atom is 0.131 e. The molecular weight excluding hydrogens is 264 g/mol. The smallest absolute Gasteiger partial charge is 0.131 e. The van der Waals surface area contributed by atoms with Crippen LogP contribution in [0.3, 0.4) is 0 Å². The third kappa shape index (κ3) is 2.63. The highest BCUT2D eigenvalue weighted by Gasteiger charge is 2.02. The van der Waals surface area contributed by atoms with Gasteiger partial charge >= 0.3 is 0 Å². The van der Waals surface area contributed by atoms with Crippen LogP contribution < -0.4 is 5.32 Å². The highest BCUT2D eigenvalue weighted by molar-refractivity contribution is 7.98. The predicted octanol–water partition coefficient (Wildman–Crippen LogP) is 5.01. The molecule has 2 nitrogen and oxygen atoms in total. The summed E-state index contributed by atoms with van der Waals surface area (Å²) < 4.78 is 0. The molecule has 0 atom stereocenters.